The third kappa shape index (κ3) is 3.14. The highest BCUT2D eigenvalue weighted by Gasteiger charge is 2.37. The van der Waals surface area contributed by atoms with Gasteiger partial charge in [0.1, 0.15) is 5.75 Å². The first-order chi connectivity index (χ1) is 13.3. The molecule has 3 nitrogen and oxygen atoms in total. The molecule has 0 aliphatic heterocycles. The van der Waals surface area contributed by atoms with E-state index in [-0.39, 0.29) is 11.2 Å². The summed E-state index contributed by atoms with van der Waals surface area (Å²) < 4.78 is 7.52. The van der Waals surface area contributed by atoms with Gasteiger partial charge in [-0.3, -0.25) is 4.79 Å². The van der Waals surface area contributed by atoms with Crippen LogP contribution in [0.25, 0.3) is 16.8 Å². The van der Waals surface area contributed by atoms with Gasteiger partial charge in [-0.05, 0) is 60.7 Å². The number of Topliss-reactive ketones (excluding diaryl/α,β-unsaturated/α-hetero) is 1. The smallest absolute Gasteiger partial charge is 0.165 e. The summed E-state index contributed by atoms with van der Waals surface area (Å²) in [6.07, 6.45) is 1.42. The van der Waals surface area contributed by atoms with Crippen LogP contribution in [0.5, 0.6) is 5.75 Å². The first-order valence-electron chi connectivity index (χ1n) is 9.48. The Morgan fingerprint density at radius 2 is 1.61 bits per heavy atom. The van der Waals surface area contributed by atoms with Crippen molar-refractivity contribution in [3.8, 4) is 22.6 Å². The molecule has 0 atom stereocenters. The third-order valence-electron chi connectivity index (χ3n) is 5.53. The zero-order valence-corrected chi connectivity index (χ0v) is 17.4. The van der Waals surface area contributed by atoms with Crippen LogP contribution in [-0.2, 0) is 6.42 Å². The Hall–Kier alpha value is -2.52. The molecule has 1 aliphatic rings. The van der Waals surface area contributed by atoms with Crippen LogP contribution in [0.1, 0.15) is 42.0 Å². The third-order valence-corrected chi connectivity index (χ3v) is 5.79. The van der Waals surface area contributed by atoms with E-state index < -0.39 is 0 Å². The van der Waals surface area contributed by atoms with Crippen LogP contribution in [0.3, 0.4) is 0 Å². The molecule has 3 aromatic rings. The van der Waals surface area contributed by atoms with Gasteiger partial charge < -0.3 is 9.30 Å². The Morgan fingerprint density at radius 1 is 0.964 bits per heavy atom. The van der Waals surface area contributed by atoms with E-state index in [4.69, 9.17) is 16.3 Å². The molecule has 28 heavy (non-hydrogen) atoms. The summed E-state index contributed by atoms with van der Waals surface area (Å²) in [5.41, 5.74) is 6.05. The normalized spacial score (nSPS) is 15.4. The Kier molecular flexibility index (Phi) is 4.59. The molecule has 0 amide bonds. The lowest BCUT2D eigenvalue weighted by molar-refractivity contribution is 0.0911. The molecule has 1 aliphatic carbocycles. The van der Waals surface area contributed by atoms with Crippen molar-refractivity contribution in [1.29, 1.82) is 0 Å². The molecule has 4 heteroatoms. The summed E-state index contributed by atoms with van der Waals surface area (Å²) in [6.45, 7) is 6.41. The van der Waals surface area contributed by atoms with Crippen LogP contribution in [-0.4, -0.2) is 17.5 Å². The predicted octanol–water partition coefficient (Wildman–Crippen LogP) is 6.27. The number of methoxy groups -OCH3 is 1. The fourth-order valence-corrected chi connectivity index (χ4v) is 4.43. The molecule has 1 aromatic heterocycles. The van der Waals surface area contributed by atoms with Gasteiger partial charge in [0.2, 0.25) is 0 Å². The molecular weight excluding hydrogens is 370 g/mol. The molecule has 0 bridgehead atoms. The number of ether oxygens (including phenoxy) is 1. The van der Waals surface area contributed by atoms with E-state index in [1.165, 1.54) is 0 Å². The molecule has 0 spiro atoms. The van der Waals surface area contributed by atoms with Gasteiger partial charge in [0.25, 0.3) is 0 Å². The number of nitrogens with zero attached hydrogens (tertiary/aromatic N) is 1. The number of aromatic nitrogens is 1. The van der Waals surface area contributed by atoms with Crippen molar-refractivity contribution < 1.29 is 9.53 Å². The number of benzene rings is 2. The minimum absolute atomic E-state index is 0.0593. The van der Waals surface area contributed by atoms with Gasteiger partial charge in [0, 0.05) is 39.6 Å². The standard InChI is InChI=1S/C24H24ClNO2/c1-15-22(16-5-11-19(28-4)12-6-16)23-20(13-24(2,3)14-21(23)27)26(15)18-9-7-17(25)8-10-18/h5-12H,13-14H2,1-4H3. The first-order valence-corrected chi connectivity index (χ1v) is 9.86. The van der Waals surface area contributed by atoms with Crippen LogP contribution >= 0.6 is 11.6 Å². The van der Waals surface area contributed by atoms with Crippen molar-refractivity contribution in [3.05, 3.63) is 70.5 Å². The Labute approximate surface area is 170 Å². The van der Waals surface area contributed by atoms with Gasteiger partial charge in [0.05, 0.1) is 7.11 Å². The summed E-state index contributed by atoms with van der Waals surface area (Å²) in [6, 6.07) is 15.8. The molecule has 0 saturated carbocycles. The summed E-state index contributed by atoms with van der Waals surface area (Å²) in [4.78, 5) is 13.2. The number of hydrogen-bond donors (Lipinski definition) is 0. The second kappa shape index (κ2) is 6.82. The van der Waals surface area contributed by atoms with Gasteiger partial charge in [-0.15, -0.1) is 0 Å². The summed E-state index contributed by atoms with van der Waals surface area (Å²) >= 11 is 6.11. The van der Waals surface area contributed by atoms with Crippen molar-refractivity contribution in [3.63, 3.8) is 0 Å². The molecular formula is C24H24ClNO2. The first kappa shape index (κ1) is 18.8. The second-order valence-electron chi connectivity index (χ2n) is 8.26. The van der Waals surface area contributed by atoms with E-state index in [2.05, 4.69) is 25.3 Å². The van der Waals surface area contributed by atoms with E-state index in [1.807, 2.05) is 48.5 Å². The minimum atomic E-state index is -0.0593. The summed E-state index contributed by atoms with van der Waals surface area (Å²) in [7, 11) is 1.66. The van der Waals surface area contributed by atoms with E-state index in [0.29, 0.717) is 11.4 Å². The van der Waals surface area contributed by atoms with E-state index in [0.717, 1.165) is 45.9 Å². The second-order valence-corrected chi connectivity index (χ2v) is 8.70. The van der Waals surface area contributed by atoms with E-state index in [1.54, 1.807) is 7.11 Å². The quantitative estimate of drug-likeness (QED) is 0.525. The predicted molar refractivity (Wildman–Crippen MR) is 114 cm³/mol. The van der Waals surface area contributed by atoms with Gasteiger partial charge >= 0.3 is 0 Å². The highest BCUT2D eigenvalue weighted by molar-refractivity contribution is 6.30. The Bertz CT molecular complexity index is 1040. The van der Waals surface area contributed by atoms with Gasteiger partial charge in [-0.1, -0.05) is 37.6 Å². The largest absolute Gasteiger partial charge is 0.497 e. The molecule has 0 fully saturated rings. The van der Waals surface area contributed by atoms with Gasteiger partial charge in [-0.2, -0.15) is 0 Å². The van der Waals surface area contributed by atoms with E-state index >= 15 is 0 Å². The molecule has 4 rings (SSSR count). The van der Waals surface area contributed by atoms with E-state index in [9.17, 15) is 4.79 Å². The number of ketones is 1. The van der Waals surface area contributed by atoms with Crippen molar-refractivity contribution in [2.75, 3.05) is 7.11 Å². The van der Waals surface area contributed by atoms with Crippen LogP contribution in [0.2, 0.25) is 5.02 Å². The molecule has 0 unspecified atom stereocenters. The van der Waals surface area contributed by atoms with Crippen molar-refractivity contribution in [2.24, 2.45) is 5.41 Å². The number of carbonyl (C=O) groups is 1. The maximum Gasteiger partial charge on any atom is 0.165 e. The fourth-order valence-electron chi connectivity index (χ4n) is 4.31. The topological polar surface area (TPSA) is 31.2 Å². The molecule has 1 heterocycles. The maximum absolute atomic E-state index is 13.2. The Morgan fingerprint density at radius 3 is 2.21 bits per heavy atom. The minimum Gasteiger partial charge on any atom is -0.497 e. The lowest BCUT2D eigenvalue weighted by atomic mass is 9.75. The fraction of sp³-hybridized carbons (Fsp3) is 0.292. The zero-order valence-electron chi connectivity index (χ0n) is 16.7. The zero-order chi connectivity index (χ0) is 20.1. The maximum atomic E-state index is 13.2. The van der Waals surface area contributed by atoms with Crippen LogP contribution in [0, 0.1) is 12.3 Å². The van der Waals surface area contributed by atoms with Gasteiger partial charge in [-0.25, -0.2) is 0 Å². The van der Waals surface area contributed by atoms with Crippen molar-refractivity contribution in [2.45, 2.75) is 33.6 Å². The Balaban J connectivity index is 1.99. The molecule has 0 N–H and O–H groups in total. The monoisotopic (exact) mass is 393 g/mol. The van der Waals surface area contributed by atoms with Crippen molar-refractivity contribution in [1.82, 2.24) is 4.57 Å². The highest BCUT2D eigenvalue weighted by Crippen LogP contribution is 2.43. The number of halogens is 1. The van der Waals surface area contributed by atoms with Crippen molar-refractivity contribution >= 4 is 17.4 Å². The average Bonchev–Trinajstić information content (AvgIpc) is 2.94. The molecule has 0 saturated heterocycles. The molecule has 144 valence electrons. The van der Waals surface area contributed by atoms with Gasteiger partial charge in [0.15, 0.2) is 5.78 Å². The summed E-state index contributed by atoms with van der Waals surface area (Å²) in [5, 5.41) is 0.703. The lowest BCUT2D eigenvalue weighted by Crippen LogP contribution is -2.28. The van der Waals surface area contributed by atoms with Crippen LogP contribution in [0.4, 0.5) is 0 Å². The number of carbonyl (C=O) groups excluding carboxylic acids is 1. The molecule has 0 radical (unpaired) electrons. The number of rotatable bonds is 3. The molecule has 2 aromatic carbocycles. The summed E-state index contributed by atoms with van der Waals surface area (Å²) in [5.74, 6) is 1.02. The number of fused-ring (bicyclic) bond motifs is 1. The van der Waals surface area contributed by atoms with Crippen LogP contribution < -0.4 is 4.74 Å². The van der Waals surface area contributed by atoms with Crippen LogP contribution in [0.15, 0.2) is 48.5 Å². The average molecular weight is 394 g/mol. The number of hydrogen-bond acceptors (Lipinski definition) is 2. The highest BCUT2D eigenvalue weighted by atomic mass is 35.5. The lowest BCUT2D eigenvalue weighted by Gasteiger charge is -2.30. The SMILES string of the molecule is COc1ccc(-c2c3c(n(-c4ccc(Cl)cc4)c2C)CC(C)(C)CC3=O)cc1.